The second-order valence-corrected chi connectivity index (χ2v) is 2.54. The van der Waals surface area contributed by atoms with Gasteiger partial charge in [-0.05, 0) is 30.7 Å². The smallest absolute Gasteiger partial charge is 0.336 e. The van der Waals surface area contributed by atoms with Crippen molar-refractivity contribution in [3.8, 4) is 0 Å². The van der Waals surface area contributed by atoms with Gasteiger partial charge in [-0.15, -0.1) is 0 Å². The third-order valence-electron chi connectivity index (χ3n) is 1.59. The molecule has 2 nitrogen and oxygen atoms in total. The molecule has 68 valence electrons. The Hall–Kier alpha value is -1.64. The molecule has 0 aromatic heterocycles. The molecule has 1 rings (SSSR count). The van der Waals surface area contributed by atoms with Gasteiger partial charge in [0.1, 0.15) is 5.82 Å². The quantitative estimate of drug-likeness (QED) is 0.759. The van der Waals surface area contributed by atoms with E-state index < -0.39 is 11.8 Å². The second-order valence-electron chi connectivity index (χ2n) is 2.54. The van der Waals surface area contributed by atoms with Crippen molar-refractivity contribution in [3.63, 3.8) is 0 Å². The van der Waals surface area contributed by atoms with E-state index in [0.717, 1.165) is 6.07 Å². The summed E-state index contributed by atoms with van der Waals surface area (Å²) >= 11 is 0. The third kappa shape index (κ3) is 2.15. The summed E-state index contributed by atoms with van der Waals surface area (Å²) in [6, 6.07) is 3.59. The van der Waals surface area contributed by atoms with Gasteiger partial charge >= 0.3 is 5.97 Å². The summed E-state index contributed by atoms with van der Waals surface area (Å²) in [4.78, 5) is 10.7. The summed E-state index contributed by atoms with van der Waals surface area (Å²) in [5.74, 6) is -1.48. The molecule has 1 aromatic rings. The Balaban J connectivity index is 3.26. The zero-order chi connectivity index (χ0) is 9.84. The standard InChI is InChI=1S/C10H9FO2/c1-2-3-7-6-8(11)4-5-9(7)10(12)13/h2-6H,1H3,(H,12,13). The van der Waals surface area contributed by atoms with E-state index in [9.17, 15) is 9.18 Å². The van der Waals surface area contributed by atoms with Crippen molar-refractivity contribution in [2.45, 2.75) is 6.92 Å². The Morgan fingerprint density at radius 3 is 2.77 bits per heavy atom. The van der Waals surface area contributed by atoms with Crippen LogP contribution in [0.2, 0.25) is 0 Å². The van der Waals surface area contributed by atoms with Gasteiger partial charge in [0.25, 0.3) is 0 Å². The lowest BCUT2D eigenvalue weighted by atomic mass is 10.1. The van der Waals surface area contributed by atoms with Gasteiger partial charge in [0.05, 0.1) is 5.56 Å². The Bertz CT molecular complexity index is 356. The molecule has 0 saturated heterocycles. The monoisotopic (exact) mass is 180 g/mol. The normalized spacial score (nSPS) is 10.6. The lowest BCUT2D eigenvalue weighted by Crippen LogP contribution is -1.99. The molecule has 0 amide bonds. The van der Waals surface area contributed by atoms with Crippen LogP contribution in [0.5, 0.6) is 0 Å². The molecular formula is C10H9FO2. The van der Waals surface area contributed by atoms with Gasteiger partial charge in [-0.1, -0.05) is 12.2 Å². The largest absolute Gasteiger partial charge is 0.478 e. The Kier molecular flexibility index (Phi) is 2.80. The molecule has 0 aliphatic rings. The van der Waals surface area contributed by atoms with E-state index in [1.165, 1.54) is 12.1 Å². The number of hydrogen-bond acceptors (Lipinski definition) is 1. The van der Waals surface area contributed by atoms with Crippen LogP contribution in [0.4, 0.5) is 4.39 Å². The van der Waals surface area contributed by atoms with Crippen LogP contribution in [0.3, 0.4) is 0 Å². The Morgan fingerprint density at radius 2 is 2.23 bits per heavy atom. The number of aromatic carboxylic acids is 1. The van der Waals surface area contributed by atoms with Crippen LogP contribution >= 0.6 is 0 Å². The molecule has 0 bridgehead atoms. The number of benzene rings is 1. The summed E-state index contributed by atoms with van der Waals surface area (Å²) in [6.45, 7) is 1.75. The van der Waals surface area contributed by atoms with Crippen molar-refractivity contribution in [1.29, 1.82) is 0 Å². The molecule has 0 atom stereocenters. The minimum absolute atomic E-state index is 0.111. The SMILES string of the molecule is CC=Cc1cc(F)ccc1C(=O)O. The molecule has 13 heavy (non-hydrogen) atoms. The predicted octanol–water partition coefficient (Wildman–Crippen LogP) is 2.56. The molecule has 0 heterocycles. The number of halogens is 1. The van der Waals surface area contributed by atoms with Gasteiger partial charge in [-0.3, -0.25) is 0 Å². The average Bonchev–Trinajstić information content (AvgIpc) is 2.04. The van der Waals surface area contributed by atoms with Crippen molar-refractivity contribution < 1.29 is 14.3 Å². The minimum Gasteiger partial charge on any atom is -0.478 e. The molecule has 1 aromatic carbocycles. The van der Waals surface area contributed by atoms with E-state index in [1.807, 2.05) is 0 Å². The van der Waals surface area contributed by atoms with Gasteiger partial charge in [0.15, 0.2) is 0 Å². The summed E-state index contributed by atoms with van der Waals surface area (Å²) in [6.07, 6.45) is 3.23. The van der Waals surface area contributed by atoms with Crippen molar-refractivity contribution in [3.05, 3.63) is 41.2 Å². The molecular weight excluding hydrogens is 171 g/mol. The predicted molar refractivity (Wildman–Crippen MR) is 48.1 cm³/mol. The summed E-state index contributed by atoms with van der Waals surface area (Å²) in [7, 11) is 0. The van der Waals surface area contributed by atoms with Crippen molar-refractivity contribution in [1.82, 2.24) is 0 Å². The van der Waals surface area contributed by atoms with Gasteiger partial charge in [-0.2, -0.15) is 0 Å². The highest BCUT2D eigenvalue weighted by atomic mass is 19.1. The van der Waals surface area contributed by atoms with Crippen LogP contribution in [0.25, 0.3) is 6.08 Å². The lowest BCUT2D eigenvalue weighted by Gasteiger charge is -2.00. The maximum absolute atomic E-state index is 12.7. The highest BCUT2D eigenvalue weighted by Crippen LogP contribution is 2.13. The van der Waals surface area contributed by atoms with Crippen LogP contribution < -0.4 is 0 Å². The van der Waals surface area contributed by atoms with Crippen molar-refractivity contribution in [2.24, 2.45) is 0 Å². The van der Waals surface area contributed by atoms with E-state index in [1.54, 1.807) is 19.1 Å². The number of carboxylic acid groups (broad SMARTS) is 1. The van der Waals surface area contributed by atoms with Crippen LogP contribution in [0.1, 0.15) is 22.8 Å². The summed E-state index contributed by atoms with van der Waals surface area (Å²) in [5, 5.41) is 8.73. The molecule has 0 aliphatic carbocycles. The highest BCUT2D eigenvalue weighted by molar-refractivity contribution is 5.92. The van der Waals surface area contributed by atoms with Crippen LogP contribution in [0.15, 0.2) is 24.3 Å². The fourth-order valence-corrected chi connectivity index (χ4v) is 1.05. The first-order valence-electron chi connectivity index (χ1n) is 3.80. The molecule has 0 radical (unpaired) electrons. The first kappa shape index (κ1) is 9.45. The maximum atomic E-state index is 12.7. The highest BCUT2D eigenvalue weighted by Gasteiger charge is 2.07. The van der Waals surface area contributed by atoms with E-state index in [0.29, 0.717) is 5.56 Å². The Labute approximate surface area is 75.3 Å². The van der Waals surface area contributed by atoms with Gasteiger partial charge in [0.2, 0.25) is 0 Å². The zero-order valence-electron chi connectivity index (χ0n) is 7.12. The fraction of sp³-hybridized carbons (Fsp3) is 0.100. The Morgan fingerprint density at radius 1 is 1.54 bits per heavy atom. The summed E-state index contributed by atoms with van der Waals surface area (Å²) in [5.41, 5.74) is 0.495. The van der Waals surface area contributed by atoms with Gasteiger partial charge in [-0.25, -0.2) is 9.18 Å². The molecule has 1 N–H and O–H groups in total. The molecule has 0 fully saturated rings. The average molecular weight is 180 g/mol. The topological polar surface area (TPSA) is 37.3 Å². The first-order valence-corrected chi connectivity index (χ1v) is 3.80. The van der Waals surface area contributed by atoms with Gasteiger partial charge in [0, 0.05) is 0 Å². The fourth-order valence-electron chi connectivity index (χ4n) is 1.05. The zero-order valence-corrected chi connectivity index (χ0v) is 7.12. The van der Waals surface area contributed by atoms with E-state index >= 15 is 0 Å². The number of carbonyl (C=O) groups is 1. The lowest BCUT2D eigenvalue weighted by molar-refractivity contribution is 0.0696. The molecule has 0 unspecified atom stereocenters. The van der Waals surface area contributed by atoms with Gasteiger partial charge < -0.3 is 5.11 Å². The van der Waals surface area contributed by atoms with E-state index in [2.05, 4.69) is 0 Å². The van der Waals surface area contributed by atoms with Crippen LogP contribution in [-0.4, -0.2) is 11.1 Å². The van der Waals surface area contributed by atoms with Crippen LogP contribution in [0, 0.1) is 5.82 Å². The van der Waals surface area contributed by atoms with Crippen molar-refractivity contribution >= 4 is 12.0 Å². The number of allylic oxidation sites excluding steroid dienone is 1. The molecule has 0 spiro atoms. The number of rotatable bonds is 2. The second kappa shape index (κ2) is 3.85. The minimum atomic E-state index is -1.05. The molecule has 0 aliphatic heterocycles. The first-order chi connectivity index (χ1) is 6.15. The molecule has 0 saturated carbocycles. The molecule has 3 heteroatoms. The number of hydrogen-bond donors (Lipinski definition) is 1. The third-order valence-corrected chi connectivity index (χ3v) is 1.59. The van der Waals surface area contributed by atoms with Crippen LogP contribution in [-0.2, 0) is 0 Å². The maximum Gasteiger partial charge on any atom is 0.336 e. The van der Waals surface area contributed by atoms with E-state index in [4.69, 9.17) is 5.11 Å². The van der Waals surface area contributed by atoms with Crippen molar-refractivity contribution in [2.75, 3.05) is 0 Å². The van der Waals surface area contributed by atoms with E-state index in [-0.39, 0.29) is 5.56 Å². The summed E-state index contributed by atoms with van der Waals surface area (Å²) < 4.78 is 12.7. The number of carboxylic acids is 1.